The molecule has 0 bridgehead atoms. The van der Waals surface area contributed by atoms with Gasteiger partial charge in [0.1, 0.15) is 11.4 Å². The van der Waals surface area contributed by atoms with Crippen LogP contribution in [0, 0.1) is 16.7 Å². The summed E-state index contributed by atoms with van der Waals surface area (Å²) in [6.07, 6.45) is 1.44. The topological polar surface area (TPSA) is 90.3 Å². The summed E-state index contributed by atoms with van der Waals surface area (Å²) < 4.78 is 0. The largest absolute Gasteiger partial charge is 0.377 e. The minimum Gasteiger partial charge on any atom is -0.377 e. The third kappa shape index (κ3) is 4.40. The number of nitrogens with zero attached hydrogens (tertiary/aromatic N) is 2. The standard InChI is InChI=1S/C23H29N3O3/c1-7-9-18(27)26(17-11-10-15(13-24)12-16(17)8-2)20-19(21(28)22(20)29)25-14(3)23(4,5)6/h10-12,14,25H,7-9H2,1-6H3/t14-/m1/s1. The molecule has 0 unspecified atom stereocenters. The van der Waals surface area contributed by atoms with Crippen molar-refractivity contribution < 1.29 is 4.79 Å². The van der Waals surface area contributed by atoms with Crippen molar-refractivity contribution in [3.8, 4) is 6.07 Å². The average molecular weight is 396 g/mol. The maximum Gasteiger partial charge on any atom is 0.254 e. The van der Waals surface area contributed by atoms with Gasteiger partial charge < -0.3 is 5.32 Å². The molecule has 0 saturated carbocycles. The van der Waals surface area contributed by atoms with E-state index in [1.165, 1.54) is 4.90 Å². The molecule has 2 rings (SSSR count). The third-order valence-corrected chi connectivity index (χ3v) is 5.31. The van der Waals surface area contributed by atoms with E-state index in [4.69, 9.17) is 0 Å². The molecular weight excluding hydrogens is 366 g/mol. The number of nitrogens with one attached hydrogen (secondary N) is 1. The second-order valence-electron chi connectivity index (χ2n) is 8.40. The number of carbonyl (C=O) groups is 1. The average Bonchev–Trinajstić information content (AvgIpc) is 2.69. The summed E-state index contributed by atoms with van der Waals surface area (Å²) in [7, 11) is 0. The maximum atomic E-state index is 13.0. The van der Waals surface area contributed by atoms with E-state index < -0.39 is 10.9 Å². The molecule has 1 N–H and O–H groups in total. The molecule has 1 atom stereocenters. The van der Waals surface area contributed by atoms with E-state index in [2.05, 4.69) is 11.4 Å². The first-order valence-corrected chi connectivity index (χ1v) is 10.0. The predicted molar refractivity (Wildman–Crippen MR) is 116 cm³/mol. The van der Waals surface area contributed by atoms with Crippen LogP contribution >= 0.6 is 0 Å². The van der Waals surface area contributed by atoms with E-state index in [0.29, 0.717) is 24.1 Å². The molecule has 0 aromatic heterocycles. The van der Waals surface area contributed by atoms with E-state index in [-0.39, 0.29) is 35.2 Å². The van der Waals surface area contributed by atoms with Crippen molar-refractivity contribution in [2.75, 3.05) is 10.2 Å². The van der Waals surface area contributed by atoms with Crippen LogP contribution in [0.2, 0.25) is 0 Å². The van der Waals surface area contributed by atoms with Crippen LogP contribution in [0.5, 0.6) is 0 Å². The first-order chi connectivity index (χ1) is 13.6. The number of aryl methyl sites for hydroxylation is 1. The molecule has 0 aliphatic carbocycles. The SMILES string of the molecule is CCCC(=O)N(c1ccc(C#N)cc1CC)c1c(N[C@H](C)C(C)(C)C)c(=O)c1=O. The molecule has 154 valence electrons. The zero-order valence-corrected chi connectivity index (χ0v) is 18.0. The summed E-state index contributed by atoms with van der Waals surface area (Å²) in [6, 6.07) is 7.04. The minimum absolute atomic E-state index is 0.0840. The number of hydrogen-bond acceptors (Lipinski definition) is 5. The summed E-state index contributed by atoms with van der Waals surface area (Å²) in [4.78, 5) is 39.3. The summed E-state index contributed by atoms with van der Waals surface area (Å²) >= 11 is 0. The highest BCUT2D eigenvalue weighted by Gasteiger charge is 2.33. The van der Waals surface area contributed by atoms with Crippen LogP contribution in [-0.2, 0) is 11.2 Å². The quantitative estimate of drug-likeness (QED) is 0.715. The molecule has 0 heterocycles. The van der Waals surface area contributed by atoms with E-state index in [1.807, 2.05) is 41.5 Å². The molecule has 6 heteroatoms. The van der Waals surface area contributed by atoms with Gasteiger partial charge in [0.25, 0.3) is 10.9 Å². The van der Waals surface area contributed by atoms with Gasteiger partial charge >= 0.3 is 0 Å². The van der Waals surface area contributed by atoms with E-state index >= 15 is 0 Å². The zero-order valence-electron chi connectivity index (χ0n) is 18.0. The Morgan fingerprint density at radius 2 is 1.86 bits per heavy atom. The van der Waals surface area contributed by atoms with Gasteiger partial charge in [-0.05, 0) is 48.9 Å². The zero-order chi connectivity index (χ0) is 21.9. The molecule has 2 aromatic rings. The van der Waals surface area contributed by atoms with Crippen LogP contribution in [0.3, 0.4) is 0 Å². The Labute approximate surface area is 171 Å². The fraction of sp³-hybridized carbons (Fsp3) is 0.478. The normalized spacial score (nSPS) is 12.4. The van der Waals surface area contributed by atoms with Gasteiger partial charge in [-0.3, -0.25) is 19.3 Å². The van der Waals surface area contributed by atoms with Crippen molar-refractivity contribution in [2.24, 2.45) is 5.41 Å². The number of benzene rings is 1. The molecule has 29 heavy (non-hydrogen) atoms. The molecule has 0 saturated heterocycles. The number of carbonyl (C=O) groups excluding carboxylic acids is 1. The lowest BCUT2D eigenvalue weighted by Crippen LogP contribution is -2.45. The van der Waals surface area contributed by atoms with Crippen LogP contribution < -0.4 is 21.1 Å². The lowest BCUT2D eigenvalue weighted by molar-refractivity contribution is -0.117. The van der Waals surface area contributed by atoms with Crippen molar-refractivity contribution in [3.63, 3.8) is 0 Å². The van der Waals surface area contributed by atoms with Gasteiger partial charge in [-0.25, -0.2) is 0 Å². The molecule has 0 fully saturated rings. The molecule has 6 nitrogen and oxygen atoms in total. The minimum atomic E-state index is -0.663. The van der Waals surface area contributed by atoms with Gasteiger partial charge in [0, 0.05) is 12.5 Å². The van der Waals surface area contributed by atoms with E-state index in [9.17, 15) is 19.6 Å². The van der Waals surface area contributed by atoms with Crippen LogP contribution in [0.25, 0.3) is 0 Å². The second-order valence-corrected chi connectivity index (χ2v) is 8.40. The number of rotatable bonds is 7. The number of anilines is 3. The van der Waals surface area contributed by atoms with Gasteiger partial charge in [-0.15, -0.1) is 0 Å². The lowest BCUT2D eigenvalue weighted by Gasteiger charge is -2.33. The van der Waals surface area contributed by atoms with Crippen LogP contribution in [0.4, 0.5) is 17.1 Å². The van der Waals surface area contributed by atoms with Crippen molar-refractivity contribution in [3.05, 3.63) is 49.8 Å². The van der Waals surface area contributed by atoms with E-state index in [1.54, 1.807) is 18.2 Å². The Kier molecular flexibility index (Phi) is 6.63. The summed E-state index contributed by atoms with van der Waals surface area (Å²) in [6.45, 7) is 11.9. The van der Waals surface area contributed by atoms with Gasteiger partial charge in [-0.2, -0.15) is 5.26 Å². The van der Waals surface area contributed by atoms with Crippen molar-refractivity contribution in [2.45, 2.75) is 66.8 Å². The van der Waals surface area contributed by atoms with Crippen LogP contribution in [0.15, 0.2) is 27.8 Å². The number of hydrogen-bond donors (Lipinski definition) is 1. The predicted octanol–water partition coefficient (Wildman–Crippen LogP) is 4.03. The smallest absolute Gasteiger partial charge is 0.254 e. The summed E-state index contributed by atoms with van der Waals surface area (Å²) in [5.74, 6) is -0.245. The van der Waals surface area contributed by atoms with Gasteiger partial charge in [-0.1, -0.05) is 34.6 Å². The fourth-order valence-electron chi connectivity index (χ4n) is 3.02. The summed E-state index contributed by atoms with van der Waals surface area (Å²) in [5.41, 5.74) is 0.690. The molecule has 0 aliphatic heterocycles. The molecule has 2 aromatic carbocycles. The molecular formula is C23H29N3O3. The molecule has 1 amide bonds. The Hall–Kier alpha value is -2.94. The maximum absolute atomic E-state index is 13.0. The lowest BCUT2D eigenvalue weighted by atomic mass is 9.87. The summed E-state index contributed by atoms with van der Waals surface area (Å²) in [5, 5.41) is 12.3. The number of nitriles is 1. The van der Waals surface area contributed by atoms with Crippen LogP contribution in [-0.4, -0.2) is 11.9 Å². The van der Waals surface area contributed by atoms with Gasteiger partial charge in [0.2, 0.25) is 5.91 Å². The van der Waals surface area contributed by atoms with Crippen molar-refractivity contribution >= 4 is 23.0 Å². The highest BCUT2D eigenvalue weighted by atomic mass is 16.2. The Morgan fingerprint density at radius 3 is 2.38 bits per heavy atom. The Balaban J connectivity index is 2.64. The molecule has 0 aliphatic rings. The number of amides is 1. The van der Waals surface area contributed by atoms with Gasteiger partial charge in [0.15, 0.2) is 0 Å². The first-order valence-electron chi connectivity index (χ1n) is 10.0. The Bertz CT molecular complexity index is 1020. The van der Waals surface area contributed by atoms with Crippen molar-refractivity contribution in [1.82, 2.24) is 0 Å². The van der Waals surface area contributed by atoms with Crippen molar-refractivity contribution in [1.29, 1.82) is 5.26 Å². The fourth-order valence-corrected chi connectivity index (χ4v) is 3.02. The van der Waals surface area contributed by atoms with Crippen LogP contribution in [0.1, 0.15) is 65.5 Å². The monoisotopic (exact) mass is 395 g/mol. The third-order valence-electron chi connectivity index (χ3n) is 5.31. The first kappa shape index (κ1) is 22.4. The molecule has 0 radical (unpaired) electrons. The van der Waals surface area contributed by atoms with Gasteiger partial charge in [0.05, 0.1) is 17.3 Å². The highest BCUT2D eigenvalue weighted by Crippen LogP contribution is 2.34. The highest BCUT2D eigenvalue weighted by molar-refractivity contribution is 6.05. The molecule has 0 spiro atoms. The van der Waals surface area contributed by atoms with E-state index in [0.717, 1.165) is 5.56 Å². The second kappa shape index (κ2) is 8.60. The Morgan fingerprint density at radius 1 is 1.21 bits per heavy atom.